The summed E-state index contributed by atoms with van der Waals surface area (Å²) in [4.78, 5) is 0. The van der Waals surface area contributed by atoms with E-state index >= 15 is 0 Å². The maximum atomic E-state index is 8.75. The van der Waals surface area contributed by atoms with Gasteiger partial charge in [0.15, 0.2) is 0 Å². The van der Waals surface area contributed by atoms with Gasteiger partial charge in [-0.05, 0) is 17.7 Å². The molecule has 0 saturated carbocycles. The fraction of sp³-hybridized carbons (Fsp3) is 0.200. The fourth-order valence-corrected chi connectivity index (χ4v) is 1.15. The normalized spacial score (nSPS) is 11.3. The summed E-state index contributed by atoms with van der Waals surface area (Å²) in [5.41, 5.74) is 0.841. The Bertz CT molecular complexity index is 356. The Kier molecular flexibility index (Phi) is 3.31. The molecule has 0 aliphatic rings. The van der Waals surface area contributed by atoms with Gasteiger partial charge in [0.2, 0.25) is 0 Å². The van der Waals surface area contributed by atoms with Crippen molar-refractivity contribution < 1.29 is 0 Å². The van der Waals surface area contributed by atoms with Crippen molar-refractivity contribution in [2.45, 2.75) is 12.3 Å². The van der Waals surface area contributed by atoms with Crippen LogP contribution in [-0.2, 0) is 0 Å². The lowest BCUT2D eigenvalue weighted by Gasteiger charge is -2.03. The molecule has 0 heterocycles. The summed E-state index contributed by atoms with van der Waals surface area (Å²) < 4.78 is 0. The van der Waals surface area contributed by atoms with Gasteiger partial charge in [-0.25, -0.2) is 0 Å². The van der Waals surface area contributed by atoms with E-state index in [0.29, 0.717) is 5.02 Å². The SMILES string of the molecule is N#CCC(C#N)c1ccc(Cl)cc1. The smallest absolute Gasteiger partial charge is 0.0842 e. The van der Waals surface area contributed by atoms with Crippen molar-refractivity contribution in [2.75, 3.05) is 0 Å². The molecule has 13 heavy (non-hydrogen) atoms. The largest absolute Gasteiger partial charge is 0.198 e. The van der Waals surface area contributed by atoms with Crippen LogP contribution in [0.5, 0.6) is 0 Å². The molecule has 0 N–H and O–H groups in total. The molecule has 1 aromatic rings. The van der Waals surface area contributed by atoms with Crippen LogP contribution in [0.25, 0.3) is 0 Å². The third kappa shape index (κ3) is 2.47. The third-order valence-electron chi connectivity index (χ3n) is 1.72. The van der Waals surface area contributed by atoms with Gasteiger partial charge in [0, 0.05) is 5.02 Å². The first-order chi connectivity index (χ1) is 6.27. The summed E-state index contributed by atoms with van der Waals surface area (Å²) in [5.74, 6) is -0.345. The van der Waals surface area contributed by atoms with E-state index in [-0.39, 0.29) is 12.3 Å². The monoisotopic (exact) mass is 190 g/mol. The molecule has 1 unspecified atom stereocenters. The summed E-state index contributed by atoms with van der Waals surface area (Å²) in [7, 11) is 0. The van der Waals surface area contributed by atoms with Crippen LogP contribution in [0.1, 0.15) is 17.9 Å². The Morgan fingerprint density at radius 2 is 1.85 bits per heavy atom. The van der Waals surface area contributed by atoms with Crippen molar-refractivity contribution in [3.63, 3.8) is 0 Å². The van der Waals surface area contributed by atoms with E-state index in [0.717, 1.165) is 5.56 Å². The average molecular weight is 191 g/mol. The lowest BCUT2D eigenvalue weighted by atomic mass is 9.98. The maximum absolute atomic E-state index is 8.75. The van der Waals surface area contributed by atoms with Crippen molar-refractivity contribution in [1.29, 1.82) is 10.5 Å². The summed E-state index contributed by atoms with van der Waals surface area (Å²) in [5, 5.41) is 17.8. The molecule has 0 aliphatic carbocycles. The molecule has 3 heteroatoms. The number of halogens is 1. The van der Waals surface area contributed by atoms with Gasteiger partial charge >= 0.3 is 0 Å². The van der Waals surface area contributed by atoms with Crippen LogP contribution in [0.4, 0.5) is 0 Å². The Morgan fingerprint density at radius 3 is 2.31 bits per heavy atom. The molecule has 0 aliphatic heterocycles. The summed E-state index contributed by atoms with van der Waals surface area (Å²) in [6, 6.07) is 11.0. The molecule has 0 spiro atoms. The predicted octanol–water partition coefficient (Wildman–Crippen LogP) is 2.86. The quantitative estimate of drug-likeness (QED) is 0.720. The molecule has 1 rings (SSSR count). The Labute approximate surface area is 82.0 Å². The molecule has 1 aromatic carbocycles. The zero-order chi connectivity index (χ0) is 9.68. The number of nitrogens with zero attached hydrogens (tertiary/aromatic N) is 2. The molecule has 0 aromatic heterocycles. The lowest BCUT2D eigenvalue weighted by Crippen LogP contribution is -1.93. The van der Waals surface area contributed by atoms with Gasteiger partial charge in [-0.15, -0.1) is 0 Å². The van der Waals surface area contributed by atoms with Crippen LogP contribution in [0.2, 0.25) is 5.02 Å². The zero-order valence-electron chi connectivity index (χ0n) is 6.87. The minimum atomic E-state index is -0.345. The minimum absolute atomic E-state index is 0.220. The number of benzene rings is 1. The van der Waals surface area contributed by atoms with E-state index in [2.05, 4.69) is 6.07 Å². The molecule has 0 radical (unpaired) electrons. The second-order valence-electron chi connectivity index (χ2n) is 2.60. The van der Waals surface area contributed by atoms with Crippen molar-refractivity contribution in [3.8, 4) is 12.1 Å². The summed E-state index contributed by atoms with van der Waals surface area (Å²) in [6.07, 6.45) is 0.220. The highest BCUT2D eigenvalue weighted by molar-refractivity contribution is 6.30. The van der Waals surface area contributed by atoms with Crippen LogP contribution in [0, 0.1) is 22.7 Å². The van der Waals surface area contributed by atoms with Gasteiger partial charge in [-0.1, -0.05) is 23.7 Å². The van der Waals surface area contributed by atoms with Gasteiger partial charge in [0.05, 0.1) is 24.5 Å². The second kappa shape index (κ2) is 4.50. The minimum Gasteiger partial charge on any atom is -0.198 e. The van der Waals surface area contributed by atoms with Gasteiger partial charge in [-0.3, -0.25) is 0 Å². The molecule has 2 nitrogen and oxygen atoms in total. The van der Waals surface area contributed by atoms with Crippen LogP contribution < -0.4 is 0 Å². The predicted molar refractivity (Wildman–Crippen MR) is 50.0 cm³/mol. The Morgan fingerprint density at radius 1 is 1.23 bits per heavy atom. The first-order valence-electron chi connectivity index (χ1n) is 3.80. The van der Waals surface area contributed by atoms with Crippen LogP contribution in [0.3, 0.4) is 0 Å². The van der Waals surface area contributed by atoms with Crippen molar-refractivity contribution in [2.24, 2.45) is 0 Å². The van der Waals surface area contributed by atoms with Crippen LogP contribution >= 0.6 is 11.6 Å². The maximum Gasteiger partial charge on any atom is 0.0842 e. The molecule has 0 fully saturated rings. The summed E-state index contributed by atoms with van der Waals surface area (Å²) in [6.45, 7) is 0. The van der Waals surface area contributed by atoms with E-state index < -0.39 is 0 Å². The van der Waals surface area contributed by atoms with E-state index in [9.17, 15) is 0 Å². The molecular formula is C10H7ClN2. The molecule has 0 amide bonds. The molecular weight excluding hydrogens is 184 g/mol. The second-order valence-corrected chi connectivity index (χ2v) is 3.03. The lowest BCUT2D eigenvalue weighted by molar-refractivity contribution is 0.887. The van der Waals surface area contributed by atoms with Crippen LogP contribution in [-0.4, -0.2) is 0 Å². The van der Waals surface area contributed by atoms with Gasteiger partial charge in [-0.2, -0.15) is 10.5 Å². The van der Waals surface area contributed by atoms with E-state index in [1.807, 2.05) is 6.07 Å². The summed E-state index contributed by atoms with van der Waals surface area (Å²) >= 11 is 5.69. The Hall–Kier alpha value is -1.51. The van der Waals surface area contributed by atoms with Crippen molar-refractivity contribution >= 4 is 11.6 Å². The highest BCUT2D eigenvalue weighted by Crippen LogP contribution is 2.20. The highest BCUT2D eigenvalue weighted by atomic mass is 35.5. The van der Waals surface area contributed by atoms with Crippen LogP contribution in [0.15, 0.2) is 24.3 Å². The molecule has 0 saturated heterocycles. The van der Waals surface area contributed by atoms with E-state index in [4.69, 9.17) is 22.1 Å². The first kappa shape index (κ1) is 9.58. The molecule has 0 bridgehead atoms. The van der Waals surface area contributed by atoms with Crippen molar-refractivity contribution in [3.05, 3.63) is 34.9 Å². The zero-order valence-corrected chi connectivity index (χ0v) is 7.62. The standard InChI is InChI=1S/C10H7ClN2/c11-10-3-1-8(2-4-10)9(7-13)5-6-12/h1-4,9H,5H2. The Balaban J connectivity index is 2.89. The highest BCUT2D eigenvalue weighted by Gasteiger charge is 2.08. The number of rotatable bonds is 2. The topological polar surface area (TPSA) is 47.6 Å². The van der Waals surface area contributed by atoms with Gasteiger partial charge < -0.3 is 0 Å². The number of hydrogen-bond donors (Lipinski definition) is 0. The van der Waals surface area contributed by atoms with E-state index in [1.54, 1.807) is 24.3 Å². The molecule has 1 atom stereocenters. The number of hydrogen-bond acceptors (Lipinski definition) is 2. The number of nitriles is 2. The first-order valence-corrected chi connectivity index (χ1v) is 4.17. The van der Waals surface area contributed by atoms with Gasteiger partial charge in [0.1, 0.15) is 0 Å². The van der Waals surface area contributed by atoms with Gasteiger partial charge in [0.25, 0.3) is 0 Å². The van der Waals surface area contributed by atoms with Crippen molar-refractivity contribution in [1.82, 2.24) is 0 Å². The fourth-order valence-electron chi connectivity index (χ4n) is 1.02. The van der Waals surface area contributed by atoms with E-state index in [1.165, 1.54) is 0 Å². The molecule has 64 valence electrons. The average Bonchev–Trinajstić information content (AvgIpc) is 2.16. The third-order valence-corrected chi connectivity index (χ3v) is 1.98.